The maximum Gasteiger partial charge on any atom is 0.326 e. The van der Waals surface area contributed by atoms with Crippen LogP contribution < -0.4 is 59.0 Å². The van der Waals surface area contributed by atoms with Crippen LogP contribution in [0.1, 0.15) is 162 Å². The zero-order valence-corrected chi connectivity index (χ0v) is 78.6. The number of nitrogen functional groups attached to an aromatic ring is 1. The second-order valence-corrected chi connectivity index (χ2v) is 38.3. The van der Waals surface area contributed by atoms with Crippen molar-refractivity contribution < 1.29 is 122 Å². The molecule has 12 rings (SSSR count). The summed E-state index contributed by atoms with van der Waals surface area (Å²) in [4.78, 5) is 223. The third-order valence-electron chi connectivity index (χ3n) is 27.1. The molecule has 5 aliphatic heterocycles. The number of hydrogen-bond donors (Lipinski definition) is 18. The number of aliphatic carboxylic acids is 5. The van der Waals surface area contributed by atoms with Gasteiger partial charge in [-0.15, -0.1) is 0 Å². The molecule has 2 saturated heterocycles. The Labute approximate surface area is 794 Å². The third-order valence-corrected chi connectivity index (χ3v) is 28.9. The molecule has 21 N–H and O–H groups in total. The molecule has 1 spiro atoms. The highest BCUT2D eigenvalue weighted by Gasteiger charge is 2.79. The van der Waals surface area contributed by atoms with Crippen molar-refractivity contribution in [1.82, 2.24) is 56.0 Å². The molecule has 137 heavy (non-hydrogen) atoms. The van der Waals surface area contributed by atoms with Gasteiger partial charge in [-0.3, -0.25) is 86.9 Å². The van der Waals surface area contributed by atoms with Crippen molar-refractivity contribution in [2.24, 2.45) is 45.5 Å². The Morgan fingerprint density at radius 3 is 2.07 bits per heavy atom. The van der Waals surface area contributed by atoms with Crippen LogP contribution in [0.4, 0.5) is 17.3 Å². The zero-order valence-electron chi connectivity index (χ0n) is 77.0. The zero-order chi connectivity index (χ0) is 99.9. The number of aliphatic hydroxyl groups excluding tert-OH is 1. The summed E-state index contributed by atoms with van der Waals surface area (Å²) >= 11 is 0. The number of esters is 2. The van der Waals surface area contributed by atoms with Gasteiger partial charge >= 0.3 is 41.8 Å². The maximum atomic E-state index is 15.4. The fraction of sp³-hybridized carbons (Fsp3) is 0.533. The summed E-state index contributed by atoms with van der Waals surface area (Å²) in [5.74, 6) is -19.9. The number of nitrogens with one attached hydrogen (secondary N) is 7. The first kappa shape index (κ1) is 105. The molecule has 4 amide bonds. The summed E-state index contributed by atoms with van der Waals surface area (Å²) in [5, 5.41) is 99.5. The molecule has 1 saturated carbocycles. The number of guanidine groups is 1. The number of aliphatic imine (C=N–C) groups is 1. The van der Waals surface area contributed by atoms with Crippen molar-refractivity contribution in [3.63, 3.8) is 0 Å². The molecule has 3 fully saturated rings. The number of methoxy groups -OCH3 is 2. The molecule has 740 valence electrons. The fourth-order valence-corrected chi connectivity index (χ4v) is 21.8. The summed E-state index contributed by atoms with van der Waals surface area (Å²) in [6.45, 7) is 8.35. The van der Waals surface area contributed by atoms with Crippen molar-refractivity contribution >= 4 is 150 Å². The number of fused-ring (bicyclic) bond motifs is 7. The SMILES string of the molecule is CC[C@H](CC(=O)[C@H](CC(=O)O)NC(=O)[C@H](CC(=O)O)CC(=O)[C@H](CCCN=C(N)N)NC(=O)[C@H](CC(=O)O)CC(=O)CC[C@H](NC(=O)c1ccc(NCc2cnc3nc(N)[nH]c(=O)c3n2)cc1)C(=O)O)C(=O)O.CC[C@]1(O)C[C@H]2CN(CCc3c([nH]c4ccccc34)[C@@](C(=O)OC)(c3cc4c(cc3OC)N(C)[C@H]3[C@@](O)(C(=O)NCC(=O)OCCSSC)[C@H](O)[C@]5(CC)C=CCN6CC[C@]43[C@@H]65)C2)C1. The second-order valence-electron chi connectivity index (χ2n) is 35.6. The van der Waals surface area contributed by atoms with Gasteiger partial charge in [0.05, 0.1) is 93.4 Å². The Balaban J connectivity index is 0.000000264. The molecule has 6 aromatic rings. The van der Waals surface area contributed by atoms with E-state index in [-0.39, 0.29) is 79.6 Å². The first-order chi connectivity index (χ1) is 65.1. The molecular weight excluding hydrogens is 1820 g/mol. The number of benzene rings is 3. The number of carboxylic acids is 5. The number of rotatable bonds is 45. The van der Waals surface area contributed by atoms with Gasteiger partial charge in [-0.25, -0.2) is 14.8 Å². The summed E-state index contributed by atoms with van der Waals surface area (Å²) in [7, 11) is 7.98. The standard InChI is InChI=1S/C48H63N5O9S2.C44H56N12O17/c1-7-44(58)24-29-25-47(43(57)61-5,38-31(14-18-52(27-29)28-44)30-12-9-10-13-34(30)50-38)33-22-32-35(23-36(33)60-4)51(3)40-46(32)16-19-53-17-11-15-45(8-2,39(46)53)41(55)48(40,59)42(56)49-26-37(54)62-20-21-64-63-6;1-2-20(41(70)71)13-31(59)29(17-34(64)65)54-39(68)23(16-33(62)63)14-30(58)27(4-3-11-48-43(45)46)52-38(67)22(15-32(60)61)12-26(57)9-10-28(42(72)73)53-37(66)21-5-7-24(8-6-21)49-18-25-19-50-36-35(51-25)40(69)56-44(47)55-36/h9-13,15,22-23,29,39-41,50,55,58-59H,7-8,14,16-21,24-28H2,1-6H3,(H,49,56);5-8,19-20,22-23,27-29,49H,2-4,9-18H2,1H3,(H,52,67)(H,53,66)(H,54,68)(H,60,61)(H,62,63)(H,64,65)(H,70,71)(H,72,73)(H4,45,46,48)(H3,47,50,55,56,69)/t29-,39+,40-,41-,44+,45-,46-,47+,48+;20-,22+,23+,27+,28+,29+/m11/s1. The normalized spacial score (nSPS) is 23.5. The minimum atomic E-state index is -2.42. The molecule has 43 nitrogen and oxygen atoms in total. The lowest BCUT2D eigenvalue weighted by molar-refractivity contribution is -0.203. The number of carboxylic acid groups (broad SMARTS) is 5. The Hall–Kier alpha value is -12.7. The lowest BCUT2D eigenvalue weighted by Crippen LogP contribution is -2.81. The van der Waals surface area contributed by atoms with Gasteiger partial charge in [0.2, 0.25) is 17.8 Å². The average molecular weight is 1940 g/mol. The fourth-order valence-electron chi connectivity index (χ4n) is 20.7. The summed E-state index contributed by atoms with van der Waals surface area (Å²) in [6, 6.07) is 11.5. The molecule has 0 radical (unpaired) electrons. The van der Waals surface area contributed by atoms with E-state index in [1.54, 1.807) is 28.7 Å². The number of hydrogen-bond acceptors (Lipinski definition) is 32. The number of piperidine rings is 1. The molecule has 2 bridgehead atoms. The van der Waals surface area contributed by atoms with Crippen LogP contribution in [0.3, 0.4) is 0 Å². The quantitative estimate of drug-likeness (QED) is 0.00652. The first-order valence-electron chi connectivity index (χ1n) is 45.1. The molecule has 1 unspecified atom stereocenters. The number of para-hydroxylation sites is 1. The van der Waals surface area contributed by atoms with Crippen LogP contribution in [0.25, 0.3) is 22.1 Å². The van der Waals surface area contributed by atoms with Crippen LogP contribution in [-0.4, -0.2) is 298 Å². The van der Waals surface area contributed by atoms with Gasteiger partial charge in [0, 0.05) is 133 Å². The van der Waals surface area contributed by atoms with Gasteiger partial charge in [-0.2, -0.15) is 4.98 Å². The smallest absolute Gasteiger partial charge is 0.326 e. The Morgan fingerprint density at radius 1 is 0.752 bits per heavy atom. The minimum absolute atomic E-state index is 0.0230. The van der Waals surface area contributed by atoms with E-state index < -0.39 is 222 Å². The number of amides is 4. The monoisotopic (exact) mass is 1940 g/mol. The number of nitrogens with zero attached hydrogens (tertiary/aromatic N) is 7. The van der Waals surface area contributed by atoms with Crippen molar-refractivity contribution in [2.45, 2.75) is 195 Å². The summed E-state index contributed by atoms with van der Waals surface area (Å²) in [5.41, 5.74) is 14.5. The number of carbonyl (C=O) groups is 14. The van der Waals surface area contributed by atoms with Crippen LogP contribution in [0.5, 0.6) is 5.75 Å². The van der Waals surface area contributed by atoms with Crippen LogP contribution >= 0.6 is 21.6 Å². The average Bonchev–Trinajstić information content (AvgIpc) is 1.48. The Morgan fingerprint density at radius 2 is 1.43 bits per heavy atom. The van der Waals surface area contributed by atoms with Crippen LogP contribution in [0, 0.1) is 29.1 Å². The third kappa shape index (κ3) is 23.1. The van der Waals surface area contributed by atoms with E-state index in [1.807, 2.05) is 68.5 Å². The van der Waals surface area contributed by atoms with Crippen LogP contribution in [0.2, 0.25) is 0 Å². The molecule has 6 aliphatic rings. The predicted molar refractivity (Wildman–Crippen MR) is 501 cm³/mol. The van der Waals surface area contributed by atoms with Crippen LogP contribution in [-0.2, 0) is 95.6 Å². The van der Waals surface area contributed by atoms with Crippen molar-refractivity contribution in [3.8, 4) is 5.75 Å². The number of ketones is 3. The number of aliphatic hydroxyl groups is 3. The van der Waals surface area contributed by atoms with Crippen molar-refractivity contribution in [3.05, 3.63) is 123 Å². The van der Waals surface area contributed by atoms with E-state index in [0.717, 1.165) is 27.7 Å². The molecule has 45 heteroatoms. The van der Waals surface area contributed by atoms with E-state index in [9.17, 15) is 108 Å². The van der Waals surface area contributed by atoms with Crippen molar-refractivity contribution in [2.75, 3.05) is 102 Å². The van der Waals surface area contributed by atoms with Gasteiger partial charge in [-0.05, 0) is 130 Å². The topological polar surface area (TPSA) is 676 Å². The highest BCUT2D eigenvalue weighted by atomic mass is 33.1. The number of aromatic nitrogens is 5. The largest absolute Gasteiger partial charge is 0.496 e. The van der Waals surface area contributed by atoms with E-state index in [1.165, 1.54) is 44.5 Å². The number of Topliss-reactive ketones (excluding diaryl/α,β-unsaturated/α-hetero) is 3. The number of anilines is 3. The van der Waals surface area contributed by atoms with E-state index in [4.69, 9.17) is 31.4 Å². The Bertz CT molecular complexity index is 5700. The highest BCUT2D eigenvalue weighted by Crippen LogP contribution is 2.68. The minimum Gasteiger partial charge on any atom is -0.496 e. The molecular formula is C92H119N17O26S2. The lowest BCUT2D eigenvalue weighted by Gasteiger charge is -2.63. The lowest BCUT2D eigenvalue weighted by atomic mass is 9.47. The second kappa shape index (κ2) is 45.1. The predicted octanol–water partition coefficient (Wildman–Crippen LogP) is 2.46. The number of aromatic amines is 2. The molecule has 1 aliphatic carbocycles. The van der Waals surface area contributed by atoms with E-state index >= 15 is 4.79 Å². The number of carbonyl (C=O) groups excluding carboxylic acids is 9. The molecule has 3 aromatic carbocycles. The van der Waals surface area contributed by atoms with E-state index in [2.05, 4.69) is 78.4 Å². The van der Waals surface area contributed by atoms with Crippen molar-refractivity contribution in [1.29, 1.82) is 0 Å². The highest BCUT2D eigenvalue weighted by molar-refractivity contribution is 8.76. The Kier molecular flexibility index (Phi) is 34.5. The maximum absolute atomic E-state index is 15.4. The summed E-state index contributed by atoms with van der Waals surface area (Å²) in [6.07, 6.45) is 1.85. The van der Waals surface area contributed by atoms with Gasteiger partial charge < -0.3 is 109 Å². The van der Waals surface area contributed by atoms with Gasteiger partial charge in [0.1, 0.15) is 42.2 Å². The van der Waals surface area contributed by atoms with Crippen LogP contribution in [0.15, 0.2) is 88.8 Å². The molecule has 8 heterocycles. The molecule has 3 aromatic heterocycles. The van der Waals surface area contributed by atoms with Gasteiger partial charge in [-0.1, -0.05) is 72.7 Å². The summed E-state index contributed by atoms with van der Waals surface area (Å²) < 4.78 is 17.7. The van der Waals surface area contributed by atoms with E-state index in [0.29, 0.717) is 105 Å². The molecule has 16 atom stereocenters. The number of H-pyrrole nitrogens is 2. The first-order valence-corrected chi connectivity index (χ1v) is 47.8. The van der Waals surface area contributed by atoms with Gasteiger partial charge in [0.25, 0.3) is 17.4 Å². The number of likely N-dealkylation sites (N-methyl/N-ethyl adjacent to an activating group) is 1. The number of nitrogens with two attached hydrogens (primary N) is 3. The van der Waals surface area contributed by atoms with Gasteiger partial charge in [0.15, 0.2) is 34.3 Å². The number of ether oxygens (including phenoxy) is 3.